The summed E-state index contributed by atoms with van der Waals surface area (Å²) in [6, 6.07) is 0. The Kier molecular flexibility index (Phi) is 8.70. The van der Waals surface area contributed by atoms with Crippen LogP contribution in [0.1, 0.15) is 106 Å². The molecule has 4 saturated carbocycles. The van der Waals surface area contributed by atoms with E-state index < -0.39 is 0 Å². The maximum Gasteiger partial charge on any atom is 0.302 e. The molecule has 4 aliphatic carbocycles. The minimum atomic E-state index is -0.177. The third-order valence-corrected chi connectivity index (χ3v) is 11.8. The molecule has 0 spiro atoms. The number of carbonyl (C=O) groups is 2. The van der Waals surface area contributed by atoms with E-state index in [1.165, 1.54) is 39.0 Å². The van der Waals surface area contributed by atoms with Crippen molar-refractivity contribution in [2.75, 3.05) is 7.11 Å². The van der Waals surface area contributed by atoms with Crippen LogP contribution in [0.5, 0.6) is 0 Å². The van der Waals surface area contributed by atoms with Gasteiger partial charge >= 0.3 is 11.9 Å². The van der Waals surface area contributed by atoms with Crippen molar-refractivity contribution in [2.24, 2.45) is 52.3 Å². The van der Waals surface area contributed by atoms with E-state index in [0.29, 0.717) is 40.9 Å². The molecular formula is C32H52O5. The average Bonchev–Trinajstić information content (AvgIpc) is 3.19. The highest BCUT2D eigenvalue weighted by Gasteiger charge is 2.66. The van der Waals surface area contributed by atoms with Gasteiger partial charge in [-0.05, 0) is 117 Å². The fraction of sp³-hybridized carbons (Fsp3) is 0.875. The molecule has 11 atom stereocenters. The highest BCUT2D eigenvalue weighted by molar-refractivity contribution is 5.66. The zero-order chi connectivity index (χ0) is 27.0. The third kappa shape index (κ3) is 5.22. The van der Waals surface area contributed by atoms with E-state index in [4.69, 9.17) is 14.2 Å². The number of rotatable bonds is 8. The molecule has 5 nitrogen and oxygen atoms in total. The monoisotopic (exact) mass is 516 g/mol. The number of hydrogen-bond acceptors (Lipinski definition) is 5. The Bertz CT molecular complexity index is 852. The van der Waals surface area contributed by atoms with E-state index in [1.54, 1.807) is 20.3 Å². The molecule has 210 valence electrons. The van der Waals surface area contributed by atoms with E-state index in [2.05, 4.69) is 33.8 Å². The lowest BCUT2D eigenvalue weighted by atomic mass is 9.41. The summed E-state index contributed by atoms with van der Waals surface area (Å²) in [7, 11) is 1.71. The normalized spacial score (nSPS) is 43.9. The van der Waals surface area contributed by atoms with Crippen LogP contribution < -0.4 is 0 Å². The first-order valence-electron chi connectivity index (χ1n) is 15.1. The Labute approximate surface area is 225 Å². The van der Waals surface area contributed by atoms with E-state index >= 15 is 0 Å². The number of fused-ring (bicyclic) bond motifs is 5. The summed E-state index contributed by atoms with van der Waals surface area (Å²) >= 11 is 0. The van der Waals surface area contributed by atoms with E-state index in [9.17, 15) is 9.59 Å². The van der Waals surface area contributed by atoms with Crippen molar-refractivity contribution < 1.29 is 23.8 Å². The van der Waals surface area contributed by atoms with Crippen molar-refractivity contribution >= 4 is 11.9 Å². The number of allylic oxidation sites excluding steroid dienone is 1. The van der Waals surface area contributed by atoms with Gasteiger partial charge in [-0.25, -0.2) is 0 Å². The first kappa shape index (κ1) is 28.5. The van der Waals surface area contributed by atoms with Gasteiger partial charge in [-0.2, -0.15) is 0 Å². The van der Waals surface area contributed by atoms with Gasteiger partial charge in [0.2, 0.25) is 0 Å². The fourth-order valence-electron chi connectivity index (χ4n) is 10.3. The second-order valence-corrected chi connectivity index (χ2v) is 13.4. The van der Waals surface area contributed by atoms with E-state index in [-0.39, 0.29) is 29.6 Å². The molecule has 0 bridgehead atoms. The second kappa shape index (κ2) is 11.3. The molecule has 0 aromatic heterocycles. The molecule has 5 heteroatoms. The van der Waals surface area contributed by atoms with Gasteiger partial charge in [0, 0.05) is 19.8 Å². The number of methoxy groups -OCH3 is 1. The molecule has 0 unspecified atom stereocenters. The van der Waals surface area contributed by atoms with Gasteiger partial charge in [0.25, 0.3) is 0 Å². The molecule has 0 amide bonds. The third-order valence-electron chi connectivity index (χ3n) is 11.8. The van der Waals surface area contributed by atoms with Crippen LogP contribution in [0.4, 0.5) is 0 Å². The van der Waals surface area contributed by atoms with Crippen LogP contribution in [0.2, 0.25) is 0 Å². The van der Waals surface area contributed by atoms with Crippen molar-refractivity contribution in [1.82, 2.24) is 0 Å². The Balaban J connectivity index is 1.64. The summed E-state index contributed by atoms with van der Waals surface area (Å²) in [4.78, 5) is 24.3. The summed E-state index contributed by atoms with van der Waals surface area (Å²) in [6.07, 6.45) is 15.2. The highest BCUT2D eigenvalue weighted by atomic mass is 16.5. The quantitative estimate of drug-likeness (QED) is 0.250. The Morgan fingerprint density at radius 1 is 0.946 bits per heavy atom. The van der Waals surface area contributed by atoms with Crippen LogP contribution in [0.3, 0.4) is 0 Å². The van der Waals surface area contributed by atoms with E-state index in [1.807, 2.05) is 0 Å². The van der Waals surface area contributed by atoms with Crippen LogP contribution in [0.25, 0.3) is 0 Å². The van der Waals surface area contributed by atoms with Gasteiger partial charge < -0.3 is 14.2 Å². The summed E-state index contributed by atoms with van der Waals surface area (Å²) in [5.41, 5.74) is 0.523. The van der Waals surface area contributed by atoms with Crippen molar-refractivity contribution in [1.29, 1.82) is 0 Å². The topological polar surface area (TPSA) is 61.8 Å². The van der Waals surface area contributed by atoms with Crippen LogP contribution in [0.15, 0.2) is 12.3 Å². The number of esters is 2. The molecule has 4 rings (SSSR count). The maximum atomic E-state index is 12.5. The van der Waals surface area contributed by atoms with Gasteiger partial charge in [0.15, 0.2) is 0 Å². The maximum absolute atomic E-state index is 12.5. The Hall–Kier alpha value is -1.52. The largest absolute Gasteiger partial charge is 0.505 e. The van der Waals surface area contributed by atoms with Gasteiger partial charge in [0.05, 0.1) is 13.4 Å². The SMILES string of the molecule is CC[C@H]1[C@@H](OC(C)=O)[C@@H]2[C@H](CC[C@]3(C)[C@@H]([C@H](C)CC/C=C/OC)CC[C@@H]23)[C@@]2(C)CC[C@@H](OC(C)=O)C[C@@H]12. The predicted octanol–water partition coefficient (Wildman–Crippen LogP) is 7.33. The fourth-order valence-corrected chi connectivity index (χ4v) is 10.3. The first-order valence-corrected chi connectivity index (χ1v) is 15.1. The van der Waals surface area contributed by atoms with E-state index in [0.717, 1.165) is 38.0 Å². The molecule has 0 N–H and O–H groups in total. The van der Waals surface area contributed by atoms with Crippen molar-refractivity contribution in [3.05, 3.63) is 12.3 Å². The number of hydrogen-bond donors (Lipinski definition) is 0. The summed E-state index contributed by atoms with van der Waals surface area (Å²) in [5, 5.41) is 0. The average molecular weight is 517 g/mol. The van der Waals surface area contributed by atoms with Gasteiger partial charge in [-0.15, -0.1) is 0 Å². The molecule has 0 aromatic carbocycles. The van der Waals surface area contributed by atoms with Crippen LogP contribution >= 0.6 is 0 Å². The molecule has 0 aromatic rings. The lowest BCUT2D eigenvalue weighted by Gasteiger charge is -2.65. The summed E-state index contributed by atoms with van der Waals surface area (Å²) in [5.74, 6) is 3.44. The minimum Gasteiger partial charge on any atom is -0.505 e. The minimum absolute atomic E-state index is 0.00289. The summed E-state index contributed by atoms with van der Waals surface area (Å²) in [6.45, 7) is 12.9. The molecule has 37 heavy (non-hydrogen) atoms. The van der Waals surface area contributed by atoms with Crippen molar-refractivity contribution in [3.8, 4) is 0 Å². The number of carbonyl (C=O) groups excluding carboxylic acids is 2. The molecule has 0 saturated heterocycles. The van der Waals surface area contributed by atoms with Crippen molar-refractivity contribution in [3.63, 3.8) is 0 Å². The van der Waals surface area contributed by atoms with Crippen LogP contribution in [-0.2, 0) is 23.8 Å². The van der Waals surface area contributed by atoms with Gasteiger partial charge in [-0.3, -0.25) is 9.59 Å². The smallest absolute Gasteiger partial charge is 0.302 e. The van der Waals surface area contributed by atoms with Gasteiger partial charge in [-0.1, -0.05) is 27.7 Å². The lowest BCUT2D eigenvalue weighted by molar-refractivity contribution is -0.219. The predicted molar refractivity (Wildman–Crippen MR) is 145 cm³/mol. The Morgan fingerprint density at radius 2 is 1.62 bits per heavy atom. The molecule has 4 aliphatic rings. The summed E-state index contributed by atoms with van der Waals surface area (Å²) < 4.78 is 17.2. The molecule has 0 heterocycles. The molecule has 0 radical (unpaired) electrons. The Morgan fingerprint density at radius 3 is 2.27 bits per heavy atom. The standard InChI is InChI=1S/C32H52O5/c1-8-24-28-19-23(36-21(3)33)14-16-32(28,6)27-15-17-31(5)25(20(2)11-9-10-18-35-7)12-13-26(31)29(27)30(24)37-22(4)34/h10,18,20,23-30H,8-9,11-17,19H2,1-7H3/b18-10+/t20-,23-,24-,25-,26+,27+,28+,29+,30-,31-,32-/m1/s1. The van der Waals surface area contributed by atoms with Crippen LogP contribution in [0, 0.1) is 52.3 Å². The second-order valence-electron chi connectivity index (χ2n) is 13.4. The lowest BCUT2D eigenvalue weighted by Crippen LogP contribution is -2.63. The zero-order valence-corrected chi connectivity index (χ0v) is 24.5. The van der Waals surface area contributed by atoms with Gasteiger partial charge in [0.1, 0.15) is 12.2 Å². The highest BCUT2D eigenvalue weighted by Crippen LogP contribution is 2.70. The van der Waals surface area contributed by atoms with Crippen LogP contribution in [-0.4, -0.2) is 31.3 Å². The molecular weight excluding hydrogens is 464 g/mol. The van der Waals surface area contributed by atoms with Crippen molar-refractivity contribution in [2.45, 2.75) is 118 Å². The molecule has 4 fully saturated rings. The molecule has 0 aliphatic heterocycles. The zero-order valence-electron chi connectivity index (χ0n) is 24.5. The number of ether oxygens (including phenoxy) is 3. The first-order chi connectivity index (χ1) is 17.6.